The summed E-state index contributed by atoms with van der Waals surface area (Å²) >= 11 is 1.35. The number of nitrogens with zero attached hydrogens (tertiary/aromatic N) is 2. The molecule has 1 aliphatic heterocycles. The Bertz CT molecular complexity index is 1050. The second-order valence-electron chi connectivity index (χ2n) is 5.84. The normalized spacial score (nSPS) is 13.8. The molecule has 2 heterocycles. The first-order valence-electron chi connectivity index (χ1n) is 8.03. The maximum atomic E-state index is 11.3. The van der Waals surface area contributed by atoms with E-state index in [9.17, 15) is 9.90 Å². The number of carbonyl (C=O) groups is 1. The van der Waals surface area contributed by atoms with Crippen molar-refractivity contribution in [3.63, 3.8) is 0 Å². The molecule has 4 rings (SSSR count). The Morgan fingerprint density at radius 2 is 1.92 bits per heavy atom. The third-order valence-electron chi connectivity index (χ3n) is 4.02. The van der Waals surface area contributed by atoms with E-state index in [0.29, 0.717) is 15.6 Å². The van der Waals surface area contributed by atoms with Gasteiger partial charge in [-0.15, -0.1) is 0 Å². The van der Waals surface area contributed by atoms with E-state index in [4.69, 9.17) is 0 Å². The van der Waals surface area contributed by atoms with Crippen LogP contribution >= 0.6 is 11.3 Å². The first kappa shape index (κ1) is 16.2. The van der Waals surface area contributed by atoms with E-state index in [1.54, 1.807) is 18.3 Å². The number of hydrogen-bond acceptors (Lipinski definition) is 6. The van der Waals surface area contributed by atoms with Crippen molar-refractivity contribution in [1.82, 2.24) is 4.98 Å². The van der Waals surface area contributed by atoms with Crippen molar-refractivity contribution in [3.05, 3.63) is 64.5 Å². The lowest BCUT2D eigenvalue weighted by Gasteiger charge is -2.02. The van der Waals surface area contributed by atoms with Gasteiger partial charge < -0.3 is 10.4 Å². The number of rotatable bonds is 4. The van der Waals surface area contributed by atoms with Crippen LogP contribution in [0.5, 0.6) is 5.88 Å². The first-order chi connectivity index (χ1) is 12.6. The van der Waals surface area contributed by atoms with Gasteiger partial charge in [0.15, 0.2) is 10.9 Å². The maximum absolute atomic E-state index is 11.3. The van der Waals surface area contributed by atoms with Gasteiger partial charge in [-0.1, -0.05) is 29.5 Å². The average molecular weight is 361 g/mol. The molecule has 0 bridgehead atoms. The molecule has 0 aliphatic carbocycles. The molecule has 0 saturated heterocycles. The monoisotopic (exact) mass is 361 g/mol. The number of aliphatic imine (C=N–C) groups is 1. The SMILES string of the molecule is CC(=O)c1ccc(Nc2nc(O)c(/C=C3\C=Nc4ccccc43)s2)cc1. The number of aromatic hydroxyl groups is 1. The van der Waals surface area contributed by atoms with Crippen molar-refractivity contribution >= 4 is 51.5 Å². The molecule has 0 amide bonds. The van der Waals surface area contributed by atoms with Crippen LogP contribution < -0.4 is 5.32 Å². The van der Waals surface area contributed by atoms with Gasteiger partial charge in [0, 0.05) is 28.6 Å². The Hall–Kier alpha value is -3.25. The number of fused-ring (bicyclic) bond motifs is 1. The molecule has 0 atom stereocenters. The Balaban J connectivity index is 1.58. The molecule has 0 fully saturated rings. The van der Waals surface area contributed by atoms with Crippen molar-refractivity contribution in [1.29, 1.82) is 0 Å². The molecule has 0 spiro atoms. The Morgan fingerprint density at radius 3 is 2.69 bits per heavy atom. The number of anilines is 2. The van der Waals surface area contributed by atoms with Crippen LogP contribution in [0.4, 0.5) is 16.5 Å². The smallest absolute Gasteiger partial charge is 0.231 e. The first-order valence-corrected chi connectivity index (χ1v) is 8.85. The third-order valence-corrected chi connectivity index (χ3v) is 4.93. The predicted molar refractivity (Wildman–Crippen MR) is 106 cm³/mol. The molecular weight excluding hydrogens is 346 g/mol. The highest BCUT2D eigenvalue weighted by Crippen LogP contribution is 2.37. The summed E-state index contributed by atoms with van der Waals surface area (Å²) in [4.78, 5) is 20.5. The van der Waals surface area contributed by atoms with Gasteiger partial charge in [0.2, 0.25) is 5.88 Å². The fraction of sp³-hybridized carbons (Fsp3) is 0.0500. The summed E-state index contributed by atoms with van der Waals surface area (Å²) in [5.74, 6) is -0.000926. The van der Waals surface area contributed by atoms with Gasteiger partial charge in [0.05, 0.1) is 10.6 Å². The van der Waals surface area contributed by atoms with E-state index in [2.05, 4.69) is 15.3 Å². The highest BCUT2D eigenvalue weighted by atomic mass is 32.1. The second-order valence-corrected chi connectivity index (χ2v) is 6.87. The Labute approximate surface area is 154 Å². The lowest BCUT2D eigenvalue weighted by Crippen LogP contribution is -1.93. The molecule has 5 nitrogen and oxygen atoms in total. The molecule has 6 heteroatoms. The lowest BCUT2D eigenvalue weighted by atomic mass is 10.1. The van der Waals surface area contributed by atoms with E-state index in [1.165, 1.54) is 18.3 Å². The molecule has 1 aliphatic rings. The zero-order valence-corrected chi connectivity index (χ0v) is 14.7. The van der Waals surface area contributed by atoms with Crippen LogP contribution in [0.2, 0.25) is 0 Å². The molecule has 2 aromatic carbocycles. The number of para-hydroxylation sites is 1. The van der Waals surface area contributed by atoms with Gasteiger partial charge in [-0.05, 0) is 43.3 Å². The minimum Gasteiger partial charge on any atom is -0.492 e. The van der Waals surface area contributed by atoms with Crippen LogP contribution in [0.3, 0.4) is 0 Å². The van der Waals surface area contributed by atoms with Gasteiger partial charge in [0.25, 0.3) is 0 Å². The zero-order valence-electron chi connectivity index (χ0n) is 13.9. The summed E-state index contributed by atoms with van der Waals surface area (Å²) in [6, 6.07) is 15.0. The lowest BCUT2D eigenvalue weighted by molar-refractivity contribution is 0.101. The number of Topliss-reactive ketones (excluding diaryl/α,β-unsaturated/α-hetero) is 1. The number of carbonyl (C=O) groups excluding carboxylic acids is 1. The molecular formula is C20H15N3O2S. The molecule has 0 radical (unpaired) electrons. The van der Waals surface area contributed by atoms with Gasteiger partial charge in [-0.3, -0.25) is 9.79 Å². The van der Waals surface area contributed by atoms with Gasteiger partial charge in [0.1, 0.15) is 0 Å². The number of ketones is 1. The van der Waals surface area contributed by atoms with Gasteiger partial charge in [-0.2, -0.15) is 4.98 Å². The highest BCUT2D eigenvalue weighted by Gasteiger charge is 2.14. The minimum atomic E-state index is -0.0249. The van der Waals surface area contributed by atoms with Crippen molar-refractivity contribution in [2.75, 3.05) is 5.32 Å². The van der Waals surface area contributed by atoms with Crippen LogP contribution in [0.15, 0.2) is 53.5 Å². The number of allylic oxidation sites excluding steroid dienone is 1. The molecule has 3 aromatic rings. The summed E-state index contributed by atoms with van der Waals surface area (Å²) in [5, 5.41) is 13.9. The number of hydrogen-bond donors (Lipinski definition) is 2. The van der Waals surface area contributed by atoms with Crippen LogP contribution in [0.25, 0.3) is 11.6 Å². The van der Waals surface area contributed by atoms with Crippen molar-refractivity contribution in [3.8, 4) is 5.88 Å². The van der Waals surface area contributed by atoms with Gasteiger partial charge >= 0.3 is 0 Å². The topological polar surface area (TPSA) is 74.6 Å². The van der Waals surface area contributed by atoms with Crippen LogP contribution in [0.1, 0.15) is 27.7 Å². The minimum absolute atomic E-state index is 0.0239. The predicted octanol–water partition coefficient (Wildman–Crippen LogP) is 5.05. The summed E-state index contributed by atoms with van der Waals surface area (Å²) in [6.07, 6.45) is 3.67. The maximum Gasteiger partial charge on any atom is 0.231 e. The largest absolute Gasteiger partial charge is 0.492 e. The number of nitrogens with one attached hydrogen (secondary N) is 1. The molecule has 0 saturated carbocycles. The summed E-state index contributed by atoms with van der Waals surface area (Å²) in [5.41, 5.74) is 4.36. The zero-order chi connectivity index (χ0) is 18.1. The van der Waals surface area contributed by atoms with Crippen molar-refractivity contribution < 1.29 is 9.90 Å². The Morgan fingerprint density at radius 1 is 1.15 bits per heavy atom. The molecule has 1 aromatic heterocycles. The summed E-state index contributed by atoms with van der Waals surface area (Å²) < 4.78 is 0. The van der Waals surface area contributed by atoms with E-state index < -0.39 is 0 Å². The standard InChI is InChI=1S/C20H15N3O2S/c1-12(24)13-6-8-15(9-7-13)22-20-23-19(25)18(26-20)10-14-11-21-17-5-3-2-4-16(14)17/h2-11,25H,1H3,(H,22,23)/b14-10+. The molecule has 26 heavy (non-hydrogen) atoms. The van der Waals surface area contributed by atoms with Crippen molar-refractivity contribution in [2.45, 2.75) is 6.92 Å². The summed E-state index contributed by atoms with van der Waals surface area (Å²) in [7, 11) is 0. The van der Waals surface area contributed by atoms with E-state index >= 15 is 0 Å². The number of thiazole rings is 1. The van der Waals surface area contributed by atoms with E-state index in [1.807, 2.05) is 42.5 Å². The molecule has 0 unspecified atom stereocenters. The quantitative estimate of drug-likeness (QED) is 0.638. The Kier molecular flexibility index (Phi) is 4.10. The van der Waals surface area contributed by atoms with E-state index in [-0.39, 0.29) is 11.7 Å². The third kappa shape index (κ3) is 3.14. The number of aromatic nitrogens is 1. The number of benzene rings is 2. The fourth-order valence-electron chi connectivity index (χ4n) is 2.68. The van der Waals surface area contributed by atoms with Crippen LogP contribution in [-0.4, -0.2) is 22.1 Å². The van der Waals surface area contributed by atoms with E-state index in [0.717, 1.165) is 22.5 Å². The second kappa shape index (κ2) is 6.57. The van der Waals surface area contributed by atoms with Gasteiger partial charge in [-0.25, -0.2) is 0 Å². The summed E-state index contributed by atoms with van der Waals surface area (Å²) in [6.45, 7) is 1.53. The fourth-order valence-corrected chi connectivity index (χ4v) is 3.51. The molecule has 2 N–H and O–H groups in total. The van der Waals surface area contributed by atoms with Crippen LogP contribution in [0, 0.1) is 0 Å². The highest BCUT2D eigenvalue weighted by molar-refractivity contribution is 7.16. The van der Waals surface area contributed by atoms with Crippen LogP contribution in [-0.2, 0) is 0 Å². The molecule has 128 valence electrons. The average Bonchev–Trinajstić information content (AvgIpc) is 3.20. The van der Waals surface area contributed by atoms with Crippen molar-refractivity contribution in [2.24, 2.45) is 4.99 Å².